The molecule has 0 unspecified atom stereocenters. The molecule has 0 amide bonds. The molecule has 0 fully saturated rings. The van der Waals surface area contributed by atoms with Crippen LogP contribution in [0.5, 0.6) is 0 Å². The zero-order chi connectivity index (χ0) is 11.1. The average Bonchev–Trinajstić information content (AvgIpc) is 2.25. The minimum absolute atomic E-state index is 0.0698. The van der Waals surface area contributed by atoms with Crippen molar-refractivity contribution < 1.29 is 25.6 Å². The maximum Gasteiger partial charge on any atom is 0.352 e. The van der Waals surface area contributed by atoms with Crippen LogP contribution in [-0.4, -0.2) is 0 Å². The number of halogens is 2. The molecule has 0 saturated carbocycles. The van der Waals surface area contributed by atoms with Gasteiger partial charge in [0.1, 0.15) is 5.83 Å². The van der Waals surface area contributed by atoms with Gasteiger partial charge >= 0.3 is 21.2 Å². The van der Waals surface area contributed by atoms with E-state index in [9.17, 15) is 4.39 Å². The smallest absolute Gasteiger partial charge is 0.208 e. The summed E-state index contributed by atoms with van der Waals surface area (Å²) in [4.78, 5) is 0. The van der Waals surface area contributed by atoms with Crippen molar-refractivity contribution in [3.05, 3.63) is 43.8 Å². The Balaban J connectivity index is 2.37. The van der Waals surface area contributed by atoms with E-state index >= 15 is 0 Å². The van der Waals surface area contributed by atoms with Crippen LogP contribution in [0.3, 0.4) is 0 Å². The van der Waals surface area contributed by atoms with Crippen LogP contribution < -0.4 is 21.2 Å². The molecule has 0 radical (unpaired) electrons. The van der Waals surface area contributed by atoms with Crippen molar-refractivity contribution in [2.75, 3.05) is 0 Å². The fraction of sp³-hybridized carbons (Fsp3) is 0.385. The molecule has 0 aliphatic rings. The van der Waals surface area contributed by atoms with Gasteiger partial charge in [-0.25, -0.2) is 4.39 Å². The maximum atomic E-state index is 13.3. The van der Waals surface area contributed by atoms with Crippen molar-refractivity contribution in [1.82, 2.24) is 0 Å². The van der Waals surface area contributed by atoms with Crippen LogP contribution in [-0.2, 0) is 0 Å². The predicted octanol–water partition coefficient (Wildman–Crippen LogP) is 1.19. The number of hydrogen-bond donors (Lipinski definition) is 0. The molecule has 2 heteroatoms. The minimum atomic E-state index is -0.283. The van der Waals surface area contributed by atoms with E-state index in [1.807, 2.05) is 18.2 Å². The highest BCUT2D eigenvalue weighted by atomic mass is 127. The lowest BCUT2D eigenvalue weighted by Crippen LogP contribution is -3.59. The second kappa shape index (κ2) is 6.99. The fourth-order valence-corrected chi connectivity index (χ4v) is 2.93. The van der Waals surface area contributed by atoms with Crippen molar-refractivity contribution in [1.29, 1.82) is 0 Å². The zero-order valence-corrected chi connectivity index (χ0v) is 11.4. The van der Waals surface area contributed by atoms with Crippen molar-refractivity contribution in [2.24, 2.45) is 5.92 Å². The summed E-state index contributed by atoms with van der Waals surface area (Å²) < 4.78 is 16.4. The van der Waals surface area contributed by atoms with Gasteiger partial charge in [-0.1, -0.05) is 32.0 Å². The SMILES string of the molecule is CC(C)CC/C(F)=C/[I+]c1ccccc1. The first-order valence-electron chi connectivity index (χ1n) is 5.21. The van der Waals surface area contributed by atoms with Gasteiger partial charge < -0.3 is 0 Å². The Bertz CT molecular complexity index is 304. The summed E-state index contributed by atoms with van der Waals surface area (Å²) in [6.07, 6.45) is 1.55. The van der Waals surface area contributed by atoms with Gasteiger partial charge in [0.15, 0.2) is 7.65 Å². The van der Waals surface area contributed by atoms with Gasteiger partial charge in [0.2, 0.25) is 0 Å². The van der Waals surface area contributed by atoms with Gasteiger partial charge in [0, 0.05) is 6.42 Å². The third kappa shape index (κ3) is 5.92. The molecule has 1 rings (SSSR count). The predicted molar refractivity (Wildman–Crippen MR) is 58.4 cm³/mol. The first-order valence-corrected chi connectivity index (χ1v) is 7.54. The maximum absolute atomic E-state index is 13.3. The van der Waals surface area contributed by atoms with Crippen LogP contribution in [0.4, 0.5) is 4.39 Å². The average molecular weight is 319 g/mol. The van der Waals surface area contributed by atoms with Crippen LogP contribution in [0.2, 0.25) is 0 Å². The third-order valence-corrected chi connectivity index (χ3v) is 4.42. The van der Waals surface area contributed by atoms with Crippen LogP contribution >= 0.6 is 0 Å². The van der Waals surface area contributed by atoms with Gasteiger partial charge in [-0.15, -0.1) is 0 Å². The molecule has 1 aromatic rings. The van der Waals surface area contributed by atoms with Crippen molar-refractivity contribution in [3.63, 3.8) is 0 Å². The molecule has 0 saturated heterocycles. The standard InChI is InChI=1S/C13H17FI/c1-11(2)8-9-12(14)10-15-13-6-4-3-5-7-13/h3-7,10-11H,8-9H2,1-2H3/q+1/b12-10-. The fourth-order valence-electron chi connectivity index (χ4n) is 1.09. The van der Waals surface area contributed by atoms with Crippen molar-refractivity contribution >= 4 is 0 Å². The Hall–Kier alpha value is -0.380. The van der Waals surface area contributed by atoms with Crippen LogP contribution in [0.25, 0.3) is 0 Å². The summed E-state index contributed by atoms with van der Waals surface area (Å²) in [6, 6.07) is 10.1. The van der Waals surface area contributed by atoms with Crippen LogP contribution in [0, 0.1) is 9.49 Å². The number of hydrogen-bond acceptors (Lipinski definition) is 0. The molecular weight excluding hydrogens is 302 g/mol. The third-order valence-electron chi connectivity index (χ3n) is 1.99. The summed E-state index contributed by atoms with van der Waals surface area (Å²) in [5, 5.41) is 0. The monoisotopic (exact) mass is 319 g/mol. The molecule has 0 spiro atoms. The number of rotatable bonds is 5. The van der Waals surface area contributed by atoms with E-state index in [2.05, 4.69) is 26.0 Å². The first-order chi connectivity index (χ1) is 7.18. The molecule has 0 N–H and O–H groups in total. The normalized spacial score (nSPS) is 12.1. The van der Waals surface area contributed by atoms with E-state index in [0.717, 1.165) is 6.42 Å². The van der Waals surface area contributed by atoms with Crippen molar-refractivity contribution in [3.8, 4) is 0 Å². The van der Waals surface area contributed by atoms with E-state index in [4.69, 9.17) is 0 Å². The largest absolute Gasteiger partial charge is 0.352 e. The van der Waals surface area contributed by atoms with E-state index in [-0.39, 0.29) is 27.0 Å². The van der Waals surface area contributed by atoms with E-state index in [1.165, 1.54) is 3.57 Å². The zero-order valence-electron chi connectivity index (χ0n) is 9.21. The summed E-state index contributed by atoms with van der Waals surface area (Å²) >= 11 is -0.283. The van der Waals surface area contributed by atoms with Crippen molar-refractivity contribution in [2.45, 2.75) is 26.7 Å². The van der Waals surface area contributed by atoms with Gasteiger partial charge in [-0.3, -0.25) is 0 Å². The number of benzene rings is 1. The summed E-state index contributed by atoms with van der Waals surface area (Å²) in [5.41, 5.74) is 0. The van der Waals surface area contributed by atoms with Crippen LogP contribution in [0.15, 0.2) is 40.2 Å². The highest BCUT2D eigenvalue weighted by Crippen LogP contribution is 2.10. The highest BCUT2D eigenvalue weighted by molar-refractivity contribution is 4.99. The lowest BCUT2D eigenvalue weighted by atomic mass is 10.1. The molecule has 0 bridgehead atoms. The molecule has 0 aromatic heterocycles. The van der Waals surface area contributed by atoms with E-state index < -0.39 is 0 Å². The Kier molecular flexibility index (Phi) is 5.91. The summed E-state index contributed by atoms with van der Waals surface area (Å²) in [6.45, 7) is 4.25. The molecular formula is C13H17FI+. The number of allylic oxidation sites excluding steroid dienone is 1. The topological polar surface area (TPSA) is 0 Å². The van der Waals surface area contributed by atoms with E-state index in [0.29, 0.717) is 12.3 Å². The Morgan fingerprint density at radius 1 is 1.33 bits per heavy atom. The van der Waals surface area contributed by atoms with Gasteiger partial charge in [-0.2, -0.15) is 0 Å². The molecule has 0 atom stereocenters. The second-order valence-electron chi connectivity index (χ2n) is 3.89. The molecule has 15 heavy (non-hydrogen) atoms. The van der Waals surface area contributed by atoms with Gasteiger partial charge in [0.05, 0.1) is 0 Å². The molecule has 1 aromatic carbocycles. The Labute approximate surface area is 102 Å². The van der Waals surface area contributed by atoms with E-state index in [1.54, 1.807) is 4.08 Å². The van der Waals surface area contributed by atoms with Gasteiger partial charge in [0.25, 0.3) is 0 Å². The highest BCUT2D eigenvalue weighted by Gasteiger charge is 2.10. The molecule has 0 nitrogen and oxygen atoms in total. The molecule has 0 aliphatic carbocycles. The van der Waals surface area contributed by atoms with Gasteiger partial charge in [-0.05, 0) is 24.5 Å². The first kappa shape index (κ1) is 12.7. The lowest BCUT2D eigenvalue weighted by molar-refractivity contribution is -0.558. The molecule has 0 heterocycles. The summed E-state index contributed by atoms with van der Waals surface area (Å²) in [5.74, 6) is 0.652. The Morgan fingerprint density at radius 2 is 2.00 bits per heavy atom. The van der Waals surface area contributed by atoms with Crippen LogP contribution in [0.1, 0.15) is 26.7 Å². The lowest BCUT2D eigenvalue weighted by Gasteiger charge is -1.99. The molecule has 82 valence electrons. The Morgan fingerprint density at radius 3 is 2.60 bits per heavy atom. The quantitative estimate of drug-likeness (QED) is 0.716. The summed E-state index contributed by atoms with van der Waals surface area (Å²) in [7, 11) is 0. The molecule has 0 aliphatic heterocycles. The minimum Gasteiger partial charge on any atom is -0.208 e. The second-order valence-corrected chi connectivity index (χ2v) is 6.38.